The smallest absolute Gasteiger partial charge is 0.246 e. The van der Waals surface area contributed by atoms with E-state index in [9.17, 15) is 13.2 Å². The molecule has 1 aliphatic heterocycles. The van der Waals surface area contributed by atoms with Crippen LogP contribution in [-0.2, 0) is 14.8 Å². The quantitative estimate of drug-likeness (QED) is 0.883. The van der Waals surface area contributed by atoms with Gasteiger partial charge in [-0.25, -0.2) is 8.42 Å². The minimum atomic E-state index is -3.62. The molecule has 2 fully saturated rings. The molecular weight excluding hydrogens is 328 g/mol. The number of amides is 1. The van der Waals surface area contributed by atoms with E-state index in [2.05, 4.69) is 5.32 Å². The van der Waals surface area contributed by atoms with Crippen LogP contribution in [0.3, 0.4) is 0 Å². The Morgan fingerprint density at radius 2 is 1.92 bits per heavy atom. The van der Waals surface area contributed by atoms with Gasteiger partial charge >= 0.3 is 0 Å². The number of nitrogens with zero attached hydrogens (tertiary/aromatic N) is 1. The van der Waals surface area contributed by atoms with Crippen LogP contribution in [-0.4, -0.2) is 38.8 Å². The second-order valence-electron chi connectivity index (χ2n) is 6.64. The molecule has 24 heavy (non-hydrogen) atoms. The van der Waals surface area contributed by atoms with Crippen molar-refractivity contribution in [1.82, 2.24) is 4.31 Å². The molecule has 6 nitrogen and oxygen atoms in total. The maximum Gasteiger partial charge on any atom is 0.246 e. The fourth-order valence-electron chi connectivity index (χ4n) is 3.12. The molecular formula is C17H24N2O4S. The first-order chi connectivity index (χ1) is 11.4. The third-order valence-electron chi connectivity index (χ3n) is 4.81. The number of carbonyl (C=O) groups excluding carboxylic acids is 1. The number of nitrogens with one attached hydrogen (secondary N) is 1. The largest absolute Gasteiger partial charge is 0.495 e. The zero-order valence-corrected chi connectivity index (χ0v) is 14.9. The van der Waals surface area contributed by atoms with E-state index in [0.29, 0.717) is 30.4 Å². The van der Waals surface area contributed by atoms with Gasteiger partial charge in [-0.2, -0.15) is 4.31 Å². The fraction of sp³-hybridized carbons (Fsp3) is 0.588. The Morgan fingerprint density at radius 1 is 1.25 bits per heavy atom. The molecule has 0 unspecified atom stereocenters. The Bertz CT molecular complexity index is 726. The molecule has 132 valence electrons. The Kier molecular flexibility index (Phi) is 4.83. The van der Waals surface area contributed by atoms with Gasteiger partial charge in [0.25, 0.3) is 0 Å². The Hall–Kier alpha value is -1.60. The summed E-state index contributed by atoms with van der Waals surface area (Å²) >= 11 is 0. The molecule has 1 heterocycles. The second-order valence-corrected chi connectivity index (χ2v) is 8.55. The highest BCUT2D eigenvalue weighted by atomic mass is 32.2. The van der Waals surface area contributed by atoms with Crippen molar-refractivity contribution in [2.24, 2.45) is 11.8 Å². The zero-order chi connectivity index (χ0) is 17.3. The molecule has 2 aliphatic rings. The lowest BCUT2D eigenvalue weighted by Gasteiger charge is -2.26. The van der Waals surface area contributed by atoms with Crippen molar-refractivity contribution >= 4 is 21.6 Å². The van der Waals surface area contributed by atoms with Crippen molar-refractivity contribution in [1.29, 1.82) is 0 Å². The van der Waals surface area contributed by atoms with E-state index < -0.39 is 10.0 Å². The Labute approximate surface area is 143 Å². The zero-order valence-electron chi connectivity index (χ0n) is 14.1. The standard InChI is InChI=1S/C17H24N2O4S/c1-12-10-14(12)17(20)18-13-6-7-15(23-2)16(11-13)24(21,22)19-8-4-3-5-9-19/h6-7,11-12,14H,3-5,8-10H2,1-2H3,(H,18,20)/t12-,14-/m0/s1. The summed E-state index contributed by atoms with van der Waals surface area (Å²) in [5, 5.41) is 2.82. The van der Waals surface area contributed by atoms with Crippen LogP contribution in [0.2, 0.25) is 0 Å². The molecule has 1 aromatic rings. The van der Waals surface area contributed by atoms with Crippen LogP contribution in [0.25, 0.3) is 0 Å². The number of carbonyl (C=O) groups is 1. The highest BCUT2D eigenvalue weighted by Crippen LogP contribution is 2.39. The van der Waals surface area contributed by atoms with E-state index in [1.807, 2.05) is 6.92 Å². The van der Waals surface area contributed by atoms with Gasteiger partial charge in [0.05, 0.1) is 7.11 Å². The van der Waals surface area contributed by atoms with E-state index in [-0.39, 0.29) is 16.7 Å². The van der Waals surface area contributed by atoms with Gasteiger partial charge in [0.15, 0.2) is 0 Å². The monoisotopic (exact) mass is 352 g/mol. The van der Waals surface area contributed by atoms with Crippen LogP contribution in [0.5, 0.6) is 5.75 Å². The molecule has 2 atom stereocenters. The molecule has 0 radical (unpaired) electrons. The second kappa shape index (κ2) is 6.72. The van der Waals surface area contributed by atoms with Crippen LogP contribution >= 0.6 is 0 Å². The van der Waals surface area contributed by atoms with Gasteiger partial charge in [0, 0.05) is 24.7 Å². The summed E-state index contributed by atoms with van der Waals surface area (Å²) in [5.74, 6) is 0.696. The van der Waals surface area contributed by atoms with Gasteiger partial charge in [0.2, 0.25) is 15.9 Å². The molecule has 1 saturated heterocycles. The predicted octanol–water partition coefficient (Wildman–Crippen LogP) is 2.46. The molecule has 1 aromatic carbocycles. The SMILES string of the molecule is COc1ccc(NC(=O)[C@H]2C[C@@H]2C)cc1S(=O)(=O)N1CCCCC1. The van der Waals surface area contributed by atoms with Crippen LogP contribution in [0, 0.1) is 11.8 Å². The molecule has 1 amide bonds. The summed E-state index contributed by atoms with van der Waals surface area (Å²) in [5.41, 5.74) is 0.496. The van der Waals surface area contributed by atoms with Gasteiger partial charge in [-0.3, -0.25) is 4.79 Å². The topological polar surface area (TPSA) is 75.7 Å². The number of ether oxygens (including phenoxy) is 1. The van der Waals surface area contributed by atoms with E-state index in [1.165, 1.54) is 17.5 Å². The van der Waals surface area contributed by atoms with Gasteiger partial charge in [-0.1, -0.05) is 13.3 Å². The van der Waals surface area contributed by atoms with E-state index in [4.69, 9.17) is 4.74 Å². The van der Waals surface area contributed by atoms with Gasteiger partial charge < -0.3 is 10.1 Å². The van der Waals surface area contributed by atoms with Crippen molar-refractivity contribution in [2.45, 2.75) is 37.5 Å². The molecule has 1 N–H and O–H groups in total. The van der Waals surface area contributed by atoms with Crippen molar-refractivity contribution < 1.29 is 17.9 Å². The average Bonchev–Trinajstić information content (AvgIpc) is 3.32. The van der Waals surface area contributed by atoms with Crippen LogP contribution in [0.1, 0.15) is 32.6 Å². The molecule has 3 rings (SSSR count). The lowest BCUT2D eigenvalue weighted by atomic mass is 10.2. The number of sulfonamides is 1. The van der Waals surface area contributed by atoms with E-state index >= 15 is 0 Å². The van der Waals surface area contributed by atoms with Crippen molar-refractivity contribution in [3.05, 3.63) is 18.2 Å². The van der Waals surface area contributed by atoms with Crippen molar-refractivity contribution in [3.63, 3.8) is 0 Å². The lowest BCUT2D eigenvalue weighted by Crippen LogP contribution is -2.35. The third-order valence-corrected chi connectivity index (χ3v) is 6.73. The average molecular weight is 352 g/mol. The number of benzene rings is 1. The highest BCUT2D eigenvalue weighted by Gasteiger charge is 2.39. The first-order valence-electron chi connectivity index (χ1n) is 8.42. The number of hydrogen-bond acceptors (Lipinski definition) is 4. The number of methoxy groups -OCH3 is 1. The Balaban J connectivity index is 1.87. The van der Waals surface area contributed by atoms with E-state index in [1.54, 1.807) is 12.1 Å². The lowest BCUT2D eigenvalue weighted by molar-refractivity contribution is -0.117. The van der Waals surface area contributed by atoms with Crippen molar-refractivity contribution in [2.75, 3.05) is 25.5 Å². The molecule has 0 spiro atoms. The maximum absolute atomic E-state index is 12.9. The highest BCUT2D eigenvalue weighted by molar-refractivity contribution is 7.89. The summed E-state index contributed by atoms with van der Waals surface area (Å²) in [4.78, 5) is 12.2. The third kappa shape index (κ3) is 3.42. The minimum absolute atomic E-state index is 0.0363. The molecule has 0 bridgehead atoms. The summed E-state index contributed by atoms with van der Waals surface area (Å²) in [6.45, 7) is 3.09. The van der Waals surface area contributed by atoms with Gasteiger partial charge in [-0.15, -0.1) is 0 Å². The number of anilines is 1. The maximum atomic E-state index is 12.9. The van der Waals surface area contributed by atoms with Crippen LogP contribution in [0.4, 0.5) is 5.69 Å². The number of hydrogen-bond donors (Lipinski definition) is 1. The molecule has 1 aliphatic carbocycles. The molecule has 0 aromatic heterocycles. The fourth-order valence-corrected chi connectivity index (χ4v) is 4.82. The van der Waals surface area contributed by atoms with Crippen LogP contribution < -0.4 is 10.1 Å². The number of rotatable bonds is 5. The predicted molar refractivity (Wildman–Crippen MR) is 91.5 cm³/mol. The van der Waals surface area contributed by atoms with E-state index in [0.717, 1.165) is 25.7 Å². The first kappa shape index (κ1) is 17.2. The molecule has 1 saturated carbocycles. The summed E-state index contributed by atoms with van der Waals surface area (Å²) < 4.78 is 32.6. The Morgan fingerprint density at radius 3 is 2.50 bits per heavy atom. The van der Waals surface area contributed by atoms with Gasteiger partial charge in [0.1, 0.15) is 10.6 Å². The first-order valence-corrected chi connectivity index (χ1v) is 9.86. The number of piperidine rings is 1. The summed E-state index contributed by atoms with van der Waals surface area (Å²) in [6.07, 6.45) is 3.69. The summed E-state index contributed by atoms with van der Waals surface area (Å²) in [7, 11) is -2.17. The van der Waals surface area contributed by atoms with Crippen molar-refractivity contribution in [3.8, 4) is 5.75 Å². The summed E-state index contributed by atoms with van der Waals surface area (Å²) in [6, 6.07) is 4.79. The van der Waals surface area contributed by atoms with Gasteiger partial charge in [-0.05, 0) is 43.4 Å². The normalized spacial score (nSPS) is 24.4. The molecule has 7 heteroatoms. The van der Waals surface area contributed by atoms with Crippen LogP contribution in [0.15, 0.2) is 23.1 Å². The minimum Gasteiger partial charge on any atom is -0.495 e.